The molecule has 0 atom stereocenters. The third-order valence-electron chi connectivity index (χ3n) is 5.80. The molecule has 7 nitrogen and oxygen atoms in total. The van der Waals surface area contributed by atoms with E-state index in [4.69, 9.17) is 27.2 Å². The molecule has 1 aliphatic heterocycles. The highest BCUT2D eigenvalue weighted by molar-refractivity contribution is 6.30. The van der Waals surface area contributed by atoms with Crippen molar-refractivity contribution in [3.05, 3.63) is 89.7 Å². The molecule has 3 N–H and O–H groups in total. The zero-order valence-corrected chi connectivity index (χ0v) is 19.6. The van der Waals surface area contributed by atoms with Gasteiger partial charge in [0.1, 0.15) is 18.1 Å². The summed E-state index contributed by atoms with van der Waals surface area (Å²) < 4.78 is 19.1. The minimum Gasteiger partial charge on any atom is -0.482 e. The molecule has 0 fully saturated rings. The second kappa shape index (κ2) is 9.77. The Morgan fingerprint density at radius 2 is 1.58 bits per heavy atom. The number of ether oxygens (including phenoxy) is 1. The van der Waals surface area contributed by atoms with Crippen molar-refractivity contribution in [3.8, 4) is 39.4 Å². The second-order valence-electron chi connectivity index (χ2n) is 8.16. The summed E-state index contributed by atoms with van der Waals surface area (Å²) >= 11 is 6.08. The fraction of sp³-hybridized carbons (Fsp3) is 0.0741. The number of fused-ring (bicyclic) bond motifs is 1. The van der Waals surface area contributed by atoms with Gasteiger partial charge in [0.25, 0.3) is 11.8 Å². The van der Waals surface area contributed by atoms with Gasteiger partial charge in [0, 0.05) is 16.1 Å². The van der Waals surface area contributed by atoms with E-state index in [1.54, 1.807) is 36.4 Å². The van der Waals surface area contributed by atoms with Crippen LogP contribution in [0.15, 0.2) is 78.9 Å². The van der Waals surface area contributed by atoms with Crippen molar-refractivity contribution in [2.24, 2.45) is 5.84 Å². The number of pyridine rings is 1. The minimum absolute atomic E-state index is 0.177. The van der Waals surface area contributed by atoms with E-state index in [1.165, 1.54) is 17.0 Å². The summed E-state index contributed by atoms with van der Waals surface area (Å²) in [4.78, 5) is 30.6. The Morgan fingerprint density at radius 1 is 0.944 bits per heavy atom. The summed E-state index contributed by atoms with van der Waals surface area (Å²) in [6.07, 6.45) is 0. The number of carbonyl (C=O) groups excluding carboxylic acids is 2. The Morgan fingerprint density at radius 3 is 2.28 bits per heavy atom. The molecular weight excluding hydrogens is 483 g/mol. The van der Waals surface area contributed by atoms with Crippen molar-refractivity contribution in [1.29, 1.82) is 0 Å². The summed E-state index contributed by atoms with van der Waals surface area (Å²) in [5.41, 5.74) is 6.98. The van der Waals surface area contributed by atoms with Crippen LogP contribution in [0.2, 0.25) is 5.02 Å². The summed E-state index contributed by atoms with van der Waals surface area (Å²) in [7, 11) is 0. The van der Waals surface area contributed by atoms with E-state index in [1.807, 2.05) is 35.8 Å². The SMILES string of the molecule is NNC(=O)CN1C(=O)COc2ccc(-c3cc(-c4ccc(Cl)cc4)cc(-c4ccc(F)cc4)n3)cc21. The van der Waals surface area contributed by atoms with E-state index < -0.39 is 5.91 Å². The summed E-state index contributed by atoms with van der Waals surface area (Å²) in [5.74, 6) is 4.48. The number of hydrogen-bond donors (Lipinski definition) is 2. The number of nitrogens with one attached hydrogen (secondary N) is 1. The number of halogens is 2. The van der Waals surface area contributed by atoms with Gasteiger partial charge in [0.15, 0.2) is 6.61 Å². The lowest BCUT2D eigenvalue weighted by molar-refractivity contribution is -0.125. The van der Waals surface area contributed by atoms with Crippen LogP contribution in [-0.4, -0.2) is 29.9 Å². The fourth-order valence-corrected chi connectivity index (χ4v) is 4.11. The number of amides is 2. The average Bonchev–Trinajstić information content (AvgIpc) is 2.90. The summed E-state index contributed by atoms with van der Waals surface area (Å²) in [5, 5.41) is 0.618. The number of benzene rings is 3. The van der Waals surface area contributed by atoms with Gasteiger partial charge in [-0.3, -0.25) is 19.9 Å². The van der Waals surface area contributed by atoms with Crippen molar-refractivity contribution < 1.29 is 18.7 Å². The van der Waals surface area contributed by atoms with Gasteiger partial charge >= 0.3 is 0 Å². The van der Waals surface area contributed by atoms with Crippen LogP contribution in [-0.2, 0) is 9.59 Å². The predicted octanol–water partition coefficient (Wildman–Crippen LogP) is 4.59. The van der Waals surface area contributed by atoms with Crippen LogP contribution in [0.3, 0.4) is 0 Å². The van der Waals surface area contributed by atoms with Gasteiger partial charge in [0.05, 0.1) is 17.1 Å². The van der Waals surface area contributed by atoms with Gasteiger partial charge in [-0.15, -0.1) is 0 Å². The third-order valence-corrected chi connectivity index (χ3v) is 6.06. The number of hydrazine groups is 1. The van der Waals surface area contributed by atoms with Crippen molar-refractivity contribution in [1.82, 2.24) is 10.4 Å². The number of anilines is 1. The first kappa shape index (κ1) is 23.5. The molecule has 4 aromatic rings. The van der Waals surface area contributed by atoms with E-state index >= 15 is 0 Å². The lowest BCUT2D eigenvalue weighted by Crippen LogP contribution is -2.46. The Hall–Kier alpha value is -4.27. The number of carbonyl (C=O) groups is 2. The van der Waals surface area contributed by atoms with Gasteiger partial charge in [0.2, 0.25) is 0 Å². The fourth-order valence-electron chi connectivity index (χ4n) is 3.98. The van der Waals surface area contributed by atoms with Crippen LogP contribution in [0.25, 0.3) is 33.6 Å². The molecule has 2 amide bonds. The van der Waals surface area contributed by atoms with Crippen molar-refractivity contribution in [2.45, 2.75) is 0 Å². The zero-order chi connectivity index (χ0) is 25.2. The first-order valence-corrected chi connectivity index (χ1v) is 11.4. The molecule has 3 aromatic carbocycles. The van der Waals surface area contributed by atoms with Gasteiger partial charge < -0.3 is 4.74 Å². The third kappa shape index (κ3) is 4.77. The van der Waals surface area contributed by atoms with Crippen molar-refractivity contribution in [2.75, 3.05) is 18.1 Å². The Bertz CT molecular complexity index is 1400. The van der Waals surface area contributed by atoms with Gasteiger partial charge in [-0.2, -0.15) is 0 Å². The number of nitrogens with zero attached hydrogens (tertiary/aromatic N) is 2. The van der Waals surface area contributed by atoms with E-state index in [9.17, 15) is 14.0 Å². The number of nitrogens with two attached hydrogens (primary N) is 1. The van der Waals surface area contributed by atoms with Gasteiger partial charge in [-0.1, -0.05) is 23.7 Å². The van der Waals surface area contributed by atoms with Crippen LogP contribution in [0.4, 0.5) is 10.1 Å². The lowest BCUT2D eigenvalue weighted by atomic mass is 9.99. The molecular formula is C27H20ClFN4O3. The van der Waals surface area contributed by atoms with Crippen LogP contribution < -0.4 is 20.9 Å². The smallest absolute Gasteiger partial charge is 0.265 e. The molecule has 1 aromatic heterocycles. The molecule has 0 unspecified atom stereocenters. The Kier molecular flexibility index (Phi) is 6.37. The zero-order valence-electron chi connectivity index (χ0n) is 18.9. The topological polar surface area (TPSA) is 97.6 Å². The van der Waals surface area contributed by atoms with Gasteiger partial charge in [-0.25, -0.2) is 15.2 Å². The monoisotopic (exact) mass is 502 g/mol. The number of aromatic nitrogens is 1. The minimum atomic E-state index is -0.511. The molecule has 0 spiro atoms. The highest BCUT2D eigenvalue weighted by Crippen LogP contribution is 2.37. The first-order valence-electron chi connectivity index (χ1n) is 11.0. The molecule has 0 aliphatic carbocycles. The Balaban J connectivity index is 1.64. The van der Waals surface area contributed by atoms with E-state index in [-0.39, 0.29) is 24.9 Å². The highest BCUT2D eigenvalue weighted by Gasteiger charge is 2.28. The normalized spacial score (nSPS) is 12.6. The van der Waals surface area contributed by atoms with E-state index in [2.05, 4.69) is 0 Å². The van der Waals surface area contributed by atoms with Crippen LogP contribution in [0.1, 0.15) is 0 Å². The van der Waals surface area contributed by atoms with E-state index in [0.717, 1.165) is 16.7 Å². The quantitative estimate of drug-likeness (QED) is 0.236. The molecule has 2 heterocycles. The largest absolute Gasteiger partial charge is 0.482 e. The van der Waals surface area contributed by atoms with Gasteiger partial charge in [-0.05, 0) is 77.9 Å². The second-order valence-corrected chi connectivity index (χ2v) is 8.60. The number of rotatable bonds is 5. The van der Waals surface area contributed by atoms with Crippen LogP contribution in [0.5, 0.6) is 5.75 Å². The molecule has 1 aliphatic rings. The molecule has 0 saturated carbocycles. The van der Waals surface area contributed by atoms with Crippen molar-refractivity contribution >= 4 is 29.1 Å². The predicted molar refractivity (Wildman–Crippen MR) is 136 cm³/mol. The maximum Gasteiger partial charge on any atom is 0.265 e. The number of hydrogen-bond acceptors (Lipinski definition) is 5. The molecule has 36 heavy (non-hydrogen) atoms. The van der Waals surface area contributed by atoms with Crippen LogP contribution >= 0.6 is 11.6 Å². The molecule has 0 saturated heterocycles. The maximum atomic E-state index is 13.6. The average molecular weight is 503 g/mol. The maximum absolute atomic E-state index is 13.6. The summed E-state index contributed by atoms with van der Waals surface area (Å²) in [6.45, 7) is -0.419. The standard InChI is InChI=1S/C27H20ClFN4O3/c28-20-6-1-16(2-7-20)19-11-22(17-3-8-21(29)9-4-17)31-23(12-19)18-5-10-25-24(13-18)33(14-26(34)32-30)27(35)15-36-25/h1-13H,14-15,30H2,(H,32,34). The highest BCUT2D eigenvalue weighted by atomic mass is 35.5. The molecule has 180 valence electrons. The Labute approximate surface area is 211 Å². The summed E-state index contributed by atoms with van der Waals surface area (Å²) in [6, 6.07) is 22.7. The first-order chi connectivity index (χ1) is 17.4. The lowest BCUT2D eigenvalue weighted by Gasteiger charge is -2.29. The molecule has 5 rings (SSSR count). The molecule has 0 bridgehead atoms. The molecule has 9 heteroatoms. The van der Waals surface area contributed by atoms with Crippen molar-refractivity contribution in [3.63, 3.8) is 0 Å². The molecule has 0 radical (unpaired) electrons. The van der Waals surface area contributed by atoms with E-state index in [0.29, 0.717) is 33.4 Å². The van der Waals surface area contributed by atoms with Crippen LogP contribution in [0, 0.1) is 5.82 Å².